The predicted octanol–water partition coefficient (Wildman–Crippen LogP) is 0.974. The van der Waals surface area contributed by atoms with E-state index in [1.165, 1.54) is 18.1 Å². The van der Waals surface area contributed by atoms with Gasteiger partial charge in [-0.2, -0.15) is 0 Å². The van der Waals surface area contributed by atoms with E-state index in [-0.39, 0.29) is 12.5 Å². The zero-order chi connectivity index (χ0) is 13.0. The SMILES string of the molecule is COc1ccc(NC(=O)Cn2cnnn2)cc1Cl. The van der Waals surface area contributed by atoms with Crippen molar-refractivity contribution < 1.29 is 9.53 Å². The Morgan fingerprint density at radius 3 is 3.00 bits per heavy atom. The van der Waals surface area contributed by atoms with Gasteiger partial charge in [-0.05, 0) is 28.6 Å². The summed E-state index contributed by atoms with van der Waals surface area (Å²) in [5, 5.41) is 13.6. The van der Waals surface area contributed by atoms with Crippen LogP contribution in [-0.4, -0.2) is 33.2 Å². The highest BCUT2D eigenvalue weighted by atomic mass is 35.5. The second-order valence-corrected chi connectivity index (χ2v) is 3.81. The molecule has 0 aliphatic heterocycles. The Labute approximate surface area is 108 Å². The maximum atomic E-state index is 11.6. The fourth-order valence-corrected chi connectivity index (χ4v) is 1.60. The van der Waals surface area contributed by atoms with Crippen LogP contribution in [0.1, 0.15) is 0 Å². The highest BCUT2D eigenvalue weighted by Gasteiger charge is 2.06. The molecule has 0 fully saturated rings. The van der Waals surface area contributed by atoms with Crippen LogP contribution in [0.15, 0.2) is 24.5 Å². The van der Waals surface area contributed by atoms with E-state index in [0.717, 1.165) is 0 Å². The van der Waals surface area contributed by atoms with E-state index in [9.17, 15) is 4.79 Å². The zero-order valence-electron chi connectivity index (χ0n) is 9.50. The molecule has 0 atom stereocenters. The Balaban J connectivity index is 2.01. The minimum atomic E-state index is -0.247. The van der Waals surface area contributed by atoms with Gasteiger partial charge in [0.05, 0.1) is 12.1 Å². The monoisotopic (exact) mass is 267 g/mol. The molecular formula is C10H10ClN5O2. The minimum absolute atomic E-state index is 0.0383. The zero-order valence-corrected chi connectivity index (χ0v) is 10.3. The van der Waals surface area contributed by atoms with Gasteiger partial charge in [0, 0.05) is 5.69 Å². The summed E-state index contributed by atoms with van der Waals surface area (Å²) in [6.45, 7) is 0.0383. The quantitative estimate of drug-likeness (QED) is 0.893. The average Bonchev–Trinajstić information content (AvgIpc) is 2.82. The molecule has 0 radical (unpaired) electrons. The van der Waals surface area contributed by atoms with Crippen LogP contribution in [0.5, 0.6) is 5.75 Å². The number of nitrogens with one attached hydrogen (secondary N) is 1. The van der Waals surface area contributed by atoms with Crippen molar-refractivity contribution >= 4 is 23.2 Å². The van der Waals surface area contributed by atoms with Gasteiger partial charge in [-0.3, -0.25) is 4.79 Å². The summed E-state index contributed by atoms with van der Waals surface area (Å²) in [5.74, 6) is 0.304. The number of rotatable bonds is 4. The summed E-state index contributed by atoms with van der Waals surface area (Å²) < 4.78 is 6.33. The molecule has 0 spiro atoms. The maximum absolute atomic E-state index is 11.6. The molecule has 0 bridgehead atoms. The van der Waals surface area contributed by atoms with Gasteiger partial charge in [0.15, 0.2) is 0 Å². The fourth-order valence-electron chi connectivity index (χ4n) is 1.34. The van der Waals surface area contributed by atoms with Gasteiger partial charge in [0.1, 0.15) is 18.6 Å². The van der Waals surface area contributed by atoms with Crippen molar-refractivity contribution in [3.05, 3.63) is 29.5 Å². The van der Waals surface area contributed by atoms with Crippen molar-refractivity contribution in [3.63, 3.8) is 0 Å². The smallest absolute Gasteiger partial charge is 0.246 e. The Kier molecular flexibility index (Phi) is 3.73. The highest BCUT2D eigenvalue weighted by Crippen LogP contribution is 2.27. The number of hydrogen-bond acceptors (Lipinski definition) is 5. The molecule has 94 valence electrons. The minimum Gasteiger partial charge on any atom is -0.495 e. The van der Waals surface area contributed by atoms with Crippen LogP contribution in [0.2, 0.25) is 5.02 Å². The Morgan fingerprint density at radius 1 is 1.56 bits per heavy atom. The number of nitrogens with zero attached hydrogens (tertiary/aromatic N) is 4. The number of carbonyl (C=O) groups is 1. The summed E-state index contributed by atoms with van der Waals surface area (Å²) in [7, 11) is 1.52. The topological polar surface area (TPSA) is 81.9 Å². The van der Waals surface area contributed by atoms with Crippen molar-refractivity contribution in [2.24, 2.45) is 0 Å². The van der Waals surface area contributed by atoms with Crippen LogP contribution < -0.4 is 10.1 Å². The van der Waals surface area contributed by atoms with Gasteiger partial charge >= 0.3 is 0 Å². The number of hydrogen-bond donors (Lipinski definition) is 1. The second kappa shape index (κ2) is 5.46. The summed E-state index contributed by atoms with van der Waals surface area (Å²) in [4.78, 5) is 11.6. The van der Waals surface area contributed by atoms with Crippen LogP contribution in [0.25, 0.3) is 0 Å². The van der Waals surface area contributed by atoms with Crippen molar-refractivity contribution in [1.29, 1.82) is 0 Å². The first-order valence-electron chi connectivity index (χ1n) is 5.03. The molecule has 0 aliphatic carbocycles. The number of anilines is 1. The van der Waals surface area contributed by atoms with Crippen molar-refractivity contribution in [2.45, 2.75) is 6.54 Å². The summed E-state index contributed by atoms with van der Waals surface area (Å²) in [6.07, 6.45) is 1.36. The van der Waals surface area contributed by atoms with Crippen molar-refractivity contribution in [1.82, 2.24) is 20.2 Å². The molecule has 1 N–H and O–H groups in total. The van der Waals surface area contributed by atoms with E-state index in [1.807, 2.05) is 0 Å². The Hall–Kier alpha value is -2.15. The number of carbonyl (C=O) groups excluding carboxylic acids is 1. The molecule has 2 rings (SSSR count). The lowest BCUT2D eigenvalue weighted by Gasteiger charge is -2.07. The third-order valence-electron chi connectivity index (χ3n) is 2.13. The molecule has 1 amide bonds. The Bertz CT molecular complexity index is 543. The molecule has 0 aliphatic rings. The van der Waals surface area contributed by atoms with Gasteiger partial charge in [-0.1, -0.05) is 11.6 Å². The van der Waals surface area contributed by atoms with Crippen LogP contribution in [-0.2, 0) is 11.3 Å². The van der Waals surface area contributed by atoms with Gasteiger partial charge < -0.3 is 10.1 Å². The molecule has 0 unspecified atom stereocenters. The van der Waals surface area contributed by atoms with Crippen LogP contribution >= 0.6 is 11.6 Å². The van der Waals surface area contributed by atoms with E-state index >= 15 is 0 Å². The fraction of sp³-hybridized carbons (Fsp3) is 0.200. The molecular weight excluding hydrogens is 258 g/mol. The molecule has 2 aromatic rings. The lowest BCUT2D eigenvalue weighted by molar-refractivity contribution is -0.116. The lowest BCUT2D eigenvalue weighted by Crippen LogP contribution is -2.19. The first-order chi connectivity index (χ1) is 8.69. The second-order valence-electron chi connectivity index (χ2n) is 3.40. The van der Waals surface area contributed by atoms with Gasteiger partial charge in [0.25, 0.3) is 0 Å². The van der Waals surface area contributed by atoms with Crippen molar-refractivity contribution in [3.8, 4) is 5.75 Å². The Morgan fingerprint density at radius 2 is 2.39 bits per heavy atom. The molecule has 0 saturated carbocycles. The van der Waals surface area contributed by atoms with Gasteiger partial charge in [0.2, 0.25) is 5.91 Å². The van der Waals surface area contributed by atoms with Crippen LogP contribution in [0.4, 0.5) is 5.69 Å². The largest absolute Gasteiger partial charge is 0.495 e. The molecule has 0 saturated heterocycles. The van der Waals surface area contributed by atoms with Gasteiger partial charge in [-0.25, -0.2) is 4.68 Å². The lowest BCUT2D eigenvalue weighted by atomic mass is 10.3. The number of ether oxygens (including phenoxy) is 1. The predicted molar refractivity (Wildman–Crippen MR) is 64.5 cm³/mol. The number of benzene rings is 1. The number of tetrazole rings is 1. The molecule has 1 aromatic carbocycles. The molecule has 1 aromatic heterocycles. The van der Waals surface area contributed by atoms with E-state index in [4.69, 9.17) is 16.3 Å². The third-order valence-corrected chi connectivity index (χ3v) is 2.43. The van der Waals surface area contributed by atoms with E-state index in [0.29, 0.717) is 16.5 Å². The highest BCUT2D eigenvalue weighted by molar-refractivity contribution is 6.32. The number of methoxy groups -OCH3 is 1. The summed E-state index contributed by atoms with van der Waals surface area (Å²) in [6, 6.07) is 4.98. The maximum Gasteiger partial charge on any atom is 0.246 e. The van der Waals surface area contributed by atoms with E-state index < -0.39 is 0 Å². The molecule has 1 heterocycles. The van der Waals surface area contributed by atoms with Crippen molar-refractivity contribution in [2.75, 3.05) is 12.4 Å². The normalized spacial score (nSPS) is 10.1. The van der Waals surface area contributed by atoms with Crippen LogP contribution in [0, 0.1) is 0 Å². The first-order valence-corrected chi connectivity index (χ1v) is 5.41. The number of amides is 1. The molecule has 7 nitrogen and oxygen atoms in total. The number of aromatic nitrogens is 4. The molecule has 8 heteroatoms. The van der Waals surface area contributed by atoms with Gasteiger partial charge in [-0.15, -0.1) is 5.10 Å². The first kappa shape index (κ1) is 12.3. The summed E-state index contributed by atoms with van der Waals surface area (Å²) >= 11 is 5.94. The van der Waals surface area contributed by atoms with Crippen LogP contribution in [0.3, 0.4) is 0 Å². The van der Waals surface area contributed by atoms with E-state index in [2.05, 4.69) is 20.8 Å². The summed E-state index contributed by atoms with van der Waals surface area (Å²) in [5.41, 5.74) is 0.582. The third kappa shape index (κ3) is 2.95. The van der Waals surface area contributed by atoms with E-state index in [1.54, 1.807) is 18.2 Å². The molecule has 18 heavy (non-hydrogen) atoms. The number of halogens is 1. The average molecular weight is 268 g/mol. The standard InChI is InChI=1S/C10H10ClN5O2/c1-18-9-3-2-7(4-8(9)11)13-10(17)5-16-6-12-14-15-16/h2-4,6H,5H2,1H3,(H,13,17).